The highest BCUT2D eigenvalue weighted by Gasteiger charge is 2.61. The smallest absolute Gasteiger partial charge is 0.457 e. The molecule has 1 unspecified atom stereocenters. The van der Waals surface area contributed by atoms with Crippen LogP contribution in [-0.2, 0) is 13.0 Å². The van der Waals surface area contributed by atoms with Crippen molar-refractivity contribution in [1.29, 1.82) is 0 Å². The summed E-state index contributed by atoms with van der Waals surface area (Å²) in [7, 11) is 0. The van der Waals surface area contributed by atoms with Crippen molar-refractivity contribution in [1.82, 2.24) is 0 Å². The fourth-order valence-electron chi connectivity index (χ4n) is 3.96. The summed E-state index contributed by atoms with van der Waals surface area (Å²) in [4.78, 5) is 1.85. The standard InChI is InChI=1S/C28H28F5NO3/c1-2-19-6-3-9-23(14-19)36-24-10-5-8-22(16-24)34(18-26(35)21-12-13-21)17-20-7-4-11-25(15-20)37-28(32,33)27(29,30)31/h3-11,14-16,21,26,35H,2,12-13,17-18H2,1H3. The van der Waals surface area contributed by atoms with Crippen LogP contribution in [0.15, 0.2) is 72.8 Å². The number of halogens is 5. The third-order valence-corrected chi connectivity index (χ3v) is 6.15. The Balaban J connectivity index is 1.56. The fourth-order valence-corrected chi connectivity index (χ4v) is 3.96. The normalized spacial score (nSPS) is 14.8. The van der Waals surface area contributed by atoms with Crippen LogP contribution >= 0.6 is 0 Å². The van der Waals surface area contributed by atoms with Crippen molar-refractivity contribution in [2.75, 3.05) is 11.4 Å². The molecule has 3 aromatic carbocycles. The zero-order valence-corrected chi connectivity index (χ0v) is 20.2. The minimum Gasteiger partial charge on any atom is -0.457 e. The first kappa shape index (κ1) is 26.7. The molecule has 1 fully saturated rings. The molecule has 3 aromatic rings. The summed E-state index contributed by atoms with van der Waals surface area (Å²) >= 11 is 0. The molecule has 0 radical (unpaired) electrons. The first-order valence-electron chi connectivity index (χ1n) is 12.1. The fraction of sp³-hybridized carbons (Fsp3) is 0.357. The van der Waals surface area contributed by atoms with Gasteiger partial charge in [0.2, 0.25) is 0 Å². The summed E-state index contributed by atoms with van der Waals surface area (Å²) < 4.78 is 74.6. The van der Waals surface area contributed by atoms with E-state index in [9.17, 15) is 27.1 Å². The highest BCUT2D eigenvalue weighted by atomic mass is 19.4. The molecular weight excluding hydrogens is 493 g/mol. The SMILES string of the molecule is CCc1cccc(Oc2cccc(N(Cc3cccc(OC(F)(F)C(F)(F)F)c3)CC(O)C3CC3)c2)c1. The number of hydrogen-bond acceptors (Lipinski definition) is 4. The Kier molecular flexibility index (Phi) is 7.92. The van der Waals surface area contributed by atoms with Crippen LogP contribution < -0.4 is 14.4 Å². The number of aryl methyl sites for hydroxylation is 1. The van der Waals surface area contributed by atoms with Crippen LogP contribution in [0.25, 0.3) is 0 Å². The molecule has 1 aliphatic carbocycles. The van der Waals surface area contributed by atoms with E-state index in [4.69, 9.17) is 4.74 Å². The molecular formula is C28H28F5NO3. The molecule has 1 saturated carbocycles. The van der Waals surface area contributed by atoms with Crippen LogP contribution in [0.3, 0.4) is 0 Å². The first-order chi connectivity index (χ1) is 17.5. The summed E-state index contributed by atoms with van der Waals surface area (Å²) in [6.45, 7) is 2.45. The van der Waals surface area contributed by atoms with Crippen LogP contribution in [0.5, 0.6) is 17.2 Å². The van der Waals surface area contributed by atoms with Crippen LogP contribution in [0.4, 0.5) is 27.6 Å². The lowest BCUT2D eigenvalue weighted by Crippen LogP contribution is -2.41. The summed E-state index contributed by atoms with van der Waals surface area (Å²) in [5.41, 5.74) is 2.28. The highest BCUT2D eigenvalue weighted by molar-refractivity contribution is 5.52. The third kappa shape index (κ3) is 7.13. The van der Waals surface area contributed by atoms with E-state index in [-0.39, 0.29) is 19.0 Å². The molecule has 1 aliphatic rings. The van der Waals surface area contributed by atoms with Crippen LogP contribution in [0.1, 0.15) is 30.9 Å². The van der Waals surface area contributed by atoms with Gasteiger partial charge in [0.25, 0.3) is 0 Å². The van der Waals surface area contributed by atoms with Crippen molar-refractivity contribution >= 4 is 5.69 Å². The monoisotopic (exact) mass is 521 g/mol. The second-order valence-electron chi connectivity index (χ2n) is 9.15. The van der Waals surface area contributed by atoms with Crippen molar-refractivity contribution in [2.45, 2.75) is 51.1 Å². The van der Waals surface area contributed by atoms with E-state index in [1.807, 2.05) is 42.2 Å². The summed E-state index contributed by atoms with van der Waals surface area (Å²) in [6, 6.07) is 20.1. The van der Waals surface area contributed by atoms with Gasteiger partial charge in [-0.2, -0.15) is 22.0 Å². The van der Waals surface area contributed by atoms with Gasteiger partial charge < -0.3 is 19.5 Å². The number of alkyl halides is 5. The average Bonchev–Trinajstić information content (AvgIpc) is 3.69. The largest absolute Gasteiger partial charge is 0.499 e. The van der Waals surface area contributed by atoms with Crippen molar-refractivity contribution in [2.24, 2.45) is 5.92 Å². The molecule has 0 bridgehead atoms. The maximum atomic E-state index is 13.4. The minimum atomic E-state index is -5.83. The molecule has 4 rings (SSSR count). The molecule has 37 heavy (non-hydrogen) atoms. The van der Waals surface area contributed by atoms with Gasteiger partial charge >= 0.3 is 12.3 Å². The molecule has 198 valence electrons. The Morgan fingerprint density at radius 2 is 1.46 bits per heavy atom. The number of benzene rings is 3. The van der Waals surface area contributed by atoms with Gasteiger partial charge in [-0.15, -0.1) is 0 Å². The summed E-state index contributed by atoms with van der Waals surface area (Å²) in [5, 5.41) is 10.6. The highest BCUT2D eigenvalue weighted by Crippen LogP contribution is 2.38. The molecule has 0 spiro atoms. The topological polar surface area (TPSA) is 41.9 Å². The molecule has 0 heterocycles. The van der Waals surface area contributed by atoms with Gasteiger partial charge in [-0.25, -0.2) is 0 Å². The molecule has 0 saturated heterocycles. The van der Waals surface area contributed by atoms with E-state index in [0.717, 1.165) is 37.0 Å². The minimum absolute atomic E-state index is 0.146. The Morgan fingerprint density at radius 3 is 2.11 bits per heavy atom. The number of rotatable bonds is 11. The van der Waals surface area contributed by atoms with E-state index in [0.29, 0.717) is 22.7 Å². The molecule has 9 heteroatoms. The molecule has 1 N–H and O–H groups in total. The van der Waals surface area contributed by atoms with Gasteiger partial charge in [-0.3, -0.25) is 0 Å². The number of aliphatic hydroxyl groups excluding tert-OH is 1. The molecule has 4 nitrogen and oxygen atoms in total. The Hall–Kier alpha value is -3.33. The first-order valence-corrected chi connectivity index (χ1v) is 12.1. The molecule has 0 amide bonds. The Morgan fingerprint density at radius 1 is 0.865 bits per heavy atom. The molecule has 0 aromatic heterocycles. The van der Waals surface area contributed by atoms with Gasteiger partial charge in [0.05, 0.1) is 6.10 Å². The zero-order valence-electron chi connectivity index (χ0n) is 20.2. The number of hydrogen-bond donors (Lipinski definition) is 1. The van der Waals surface area contributed by atoms with Gasteiger partial charge in [-0.05, 0) is 72.7 Å². The summed E-state index contributed by atoms with van der Waals surface area (Å²) in [5.74, 6) is 0.823. The van der Waals surface area contributed by atoms with E-state index in [1.54, 1.807) is 24.3 Å². The van der Waals surface area contributed by atoms with Crippen molar-refractivity contribution in [3.63, 3.8) is 0 Å². The Labute approximate surface area is 212 Å². The van der Waals surface area contributed by atoms with Crippen LogP contribution in [-0.4, -0.2) is 30.0 Å². The van der Waals surface area contributed by atoms with Crippen molar-refractivity contribution in [3.05, 3.63) is 83.9 Å². The van der Waals surface area contributed by atoms with Gasteiger partial charge in [0.15, 0.2) is 0 Å². The quantitative estimate of drug-likeness (QED) is 0.268. The number of nitrogens with zero attached hydrogens (tertiary/aromatic N) is 1. The maximum absolute atomic E-state index is 13.4. The van der Waals surface area contributed by atoms with Crippen molar-refractivity contribution < 1.29 is 36.5 Å². The van der Waals surface area contributed by atoms with E-state index in [1.165, 1.54) is 6.07 Å². The van der Waals surface area contributed by atoms with Crippen LogP contribution in [0.2, 0.25) is 0 Å². The van der Waals surface area contributed by atoms with E-state index >= 15 is 0 Å². The van der Waals surface area contributed by atoms with Gasteiger partial charge in [0, 0.05) is 24.8 Å². The maximum Gasteiger partial charge on any atom is 0.499 e. The lowest BCUT2D eigenvalue weighted by Gasteiger charge is -2.28. The predicted molar refractivity (Wildman–Crippen MR) is 130 cm³/mol. The molecule has 1 atom stereocenters. The number of anilines is 1. The van der Waals surface area contributed by atoms with Crippen LogP contribution in [0, 0.1) is 5.92 Å². The predicted octanol–water partition coefficient (Wildman–Crippen LogP) is 7.35. The zero-order chi connectivity index (χ0) is 26.6. The lowest BCUT2D eigenvalue weighted by atomic mass is 10.1. The van der Waals surface area contributed by atoms with Crippen molar-refractivity contribution in [3.8, 4) is 17.2 Å². The number of ether oxygens (including phenoxy) is 2. The number of aliphatic hydroxyl groups is 1. The van der Waals surface area contributed by atoms with E-state index < -0.39 is 24.1 Å². The summed E-state index contributed by atoms with van der Waals surface area (Å²) in [6.07, 6.45) is -9.06. The Bertz CT molecular complexity index is 1200. The second-order valence-corrected chi connectivity index (χ2v) is 9.15. The van der Waals surface area contributed by atoms with E-state index in [2.05, 4.69) is 4.74 Å². The van der Waals surface area contributed by atoms with Gasteiger partial charge in [0.1, 0.15) is 17.2 Å². The average molecular weight is 522 g/mol. The lowest BCUT2D eigenvalue weighted by molar-refractivity contribution is -0.360. The second kappa shape index (κ2) is 11.0. The molecule has 0 aliphatic heterocycles. The van der Waals surface area contributed by atoms with Gasteiger partial charge in [-0.1, -0.05) is 37.3 Å². The third-order valence-electron chi connectivity index (χ3n) is 6.15.